The summed E-state index contributed by atoms with van der Waals surface area (Å²) in [6.07, 6.45) is 1.41. The summed E-state index contributed by atoms with van der Waals surface area (Å²) in [5.74, 6) is 0.842. The van der Waals surface area contributed by atoms with E-state index in [2.05, 4.69) is 5.10 Å². The number of fused-ring (bicyclic) bond motifs is 1. The number of nitrogens with zero attached hydrogens (tertiary/aromatic N) is 3. The van der Waals surface area contributed by atoms with Crippen molar-refractivity contribution >= 4 is 10.9 Å². The summed E-state index contributed by atoms with van der Waals surface area (Å²) in [5, 5.41) is 15.0. The van der Waals surface area contributed by atoms with Gasteiger partial charge in [0, 0.05) is 13.2 Å². The molecule has 22 heavy (non-hydrogen) atoms. The Bertz CT molecular complexity index is 892. The van der Waals surface area contributed by atoms with Crippen molar-refractivity contribution in [2.45, 2.75) is 13.5 Å². The molecule has 0 bridgehead atoms. The quantitative estimate of drug-likeness (QED) is 0.801. The average molecular weight is 299 g/mol. The molecule has 0 aliphatic rings. The number of methoxy groups -OCH3 is 1. The minimum atomic E-state index is -0.179. The van der Waals surface area contributed by atoms with Gasteiger partial charge in [-0.15, -0.1) is 0 Å². The molecular weight excluding hydrogens is 282 g/mol. The summed E-state index contributed by atoms with van der Waals surface area (Å²) < 4.78 is 8.13. The normalized spacial score (nSPS) is 11.0. The maximum Gasteiger partial charge on any atom is 0.276 e. The number of rotatable bonds is 3. The monoisotopic (exact) mass is 299 g/mol. The lowest BCUT2D eigenvalue weighted by Gasteiger charge is -2.06. The molecule has 6 heteroatoms. The molecule has 3 aromatic rings. The van der Waals surface area contributed by atoms with Crippen LogP contribution in [-0.4, -0.2) is 26.6 Å². The highest BCUT2D eigenvalue weighted by molar-refractivity contribution is 5.86. The minimum Gasteiger partial charge on any atom is -0.506 e. The number of hydrogen-bond acceptors (Lipinski definition) is 4. The molecule has 2 heterocycles. The fourth-order valence-corrected chi connectivity index (χ4v) is 2.60. The van der Waals surface area contributed by atoms with Crippen LogP contribution < -0.4 is 10.3 Å². The van der Waals surface area contributed by atoms with Crippen LogP contribution in [0.25, 0.3) is 10.9 Å². The van der Waals surface area contributed by atoms with Crippen molar-refractivity contribution in [1.82, 2.24) is 14.3 Å². The van der Waals surface area contributed by atoms with Gasteiger partial charge in [0.1, 0.15) is 17.0 Å². The second-order valence-corrected chi connectivity index (χ2v) is 5.25. The van der Waals surface area contributed by atoms with Gasteiger partial charge in [0.05, 0.1) is 24.7 Å². The number of pyridine rings is 1. The second kappa shape index (κ2) is 5.22. The molecule has 1 aromatic carbocycles. The molecule has 0 atom stereocenters. The molecule has 0 unspecified atom stereocenters. The highest BCUT2D eigenvalue weighted by Gasteiger charge is 2.16. The predicted octanol–water partition coefficient (Wildman–Crippen LogP) is 1.81. The van der Waals surface area contributed by atoms with Gasteiger partial charge in [-0.05, 0) is 24.6 Å². The van der Waals surface area contributed by atoms with Gasteiger partial charge in [0.15, 0.2) is 0 Å². The zero-order chi connectivity index (χ0) is 15.9. The van der Waals surface area contributed by atoms with Gasteiger partial charge < -0.3 is 14.4 Å². The molecule has 2 aromatic heterocycles. The van der Waals surface area contributed by atoms with Crippen LogP contribution in [0.1, 0.15) is 11.3 Å². The third-order valence-corrected chi connectivity index (χ3v) is 3.71. The first kappa shape index (κ1) is 14.2. The molecule has 0 saturated carbocycles. The summed E-state index contributed by atoms with van der Waals surface area (Å²) in [4.78, 5) is 12.4. The SMILES string of the molecule is COc1ccc(Cn2nc(C)c3c(O)cn(C)c(=O)c32)cc1. The molecule has 0 aliphatic heterocycles. The zero-order valence-corrected chi connectivity index (χ0v) is 12.7. The van der Waals surface area contributed by atoms with Crippen LogP contribution in [0.3, 0.4) is 0 Å². The Balaban J connectivity index is 2.13. The Kier molecular flexibility index (Phi) is 3.36. The highest BCUT2D eigenvalue weighted by atomic mass is 16.5. The molecule has 0 fully saturated rings. The molecule has 0 aliphatic carbocycles. The first-order valence-corrected chi connectivity index (χ1v) is 6.90. The Labute approximate surface area is 127 Å². The van der Waals surface area contributed by atoms with Gasteiger partial charge >= 0.3 is 0 Å². The van der Waals surface area contributed by atoms with Gasteiger partial charge in [-0.2, -0.15) is 5.10 Å². The van der Waals surface area contributed by atoms with E-state index in [4.69, 9.17) is 4.74 Å². The van der Waals surface area contributed by atoms with Gasteiger partial charge in [-0.25, -0.2) is 0 Å². The summed E-state index contributed by atoms with van der Waals surface area (Å²) in [6, 6.07) is 7.58. The molecule has 0 spiro atoms. The summed E-state index contributed by atoms with van der Waals surface area (Å²) in [7, 11) is 3.23. The van der Waals surface area contributed by atoms with E-state index in [0.717, 1.165) is 11.3 Å². The second-order valence-electron chi connectivity index (χ2n) is 5.25. The van der Waals surface area contributed by atoms with Crippen LogP contribution >= 0.6 is 0 Å². The fraction of sp³-hybridized carbons (Fsp3) is 0.250. The van der Waals surface area contributed by atoms with Crippen LogP contribution in [0, 0.1) is 6.92 Å². The molecule has 6 nitrogen and oxygen atoms in total. The van der Waals surface area contributed by atoms with Crippen LogP contribution in [0.15, 0.2) is 35.3 Å². The van der Waals surface area contributed by atoms with Crippen LogP contribution in [0.4, 0.5) is 0 Å². The van der Waals surface area contributed by atoms with Crippen molar-refractivity contribution in [2.24, 2.45) is 7.05 Å². The Morgan fingerprint density at radius 3 is 2.59 bits per heavy atom. The van der Waals surface area contributed by atoms with Gasteiger partial charge in [-0.3, -0.25) is 9.48 Å². The van der Waals surface area contributed by atoms with Crippen molar-refractivity contribution in [2.75, 3.05) is 7.11 Å². The number of hydrogen-bond donors (Lipinski definition) is 1. The Morgan fingerprint density at radius 1 is 1.27 bits per heavy atom. The van der Waals surface area contributed by atoms with Crippen molar-refractivity contribution in [1.29, 1.82) is 0 Å². The lowest BCUT2D eigenvalue weighted by atomic mass is 10.2. The lowest BCUT2D eigenvalue weighted by molar-refractivity contribution is 0.414. The third kappa shape index (κ3) is 2.22. The van der Waals surface area contributed by atoms with Crippen molar-refractivity contribution in [3.8, 4) is 11.5 Å². The van der Waals surface area contributed by atoms with Crippen LogP contribution in [0.5, 0.6) is 11.5 Å². The average Bonchev–Trinajstić information content (AvgIpc) is 2.82. The molecule has 114 valence electrons. The Hall–Kier alpha value is -2.76. The summed E-state index contributed by atoms with van der Waals surface area (Å²) in [6.45, 7) is 2.24. The lowest BCUT2D eigenvalue weighted by Crippen LogP contribution is -2.19. The molecular formula is C16H17N3O3. The topological polar surface area (TPSA) is 69.3 Å². The van der Waals surface area contributed by atoms with Crippen LogP contribution in [-0.2, 0) is 13.6 Å². The van der Waals surface area contributed by atoms with Crippen molar-refractivity contribution in [3.05, 3.63) is 52.1 Å². The van der Waals surface area contributed by atoms with Gasteiger partial charge in [-0.1, -0.05) is 12.1 Å². The van der Waals surface area contributed by atoms with E-state index >= 15 is 0 Å². The van der Waals surface area contributed by atoms with E-state index in [9.17, 15) is 9.90 Å². The first-order chi connectivity index (χ1) is 10.5. The van der Waals surface area contributed by atoms with Gasteiger partial charge in [0.2, 0.25) is 0 Å². The highest BCUT2D eigenvalue weighted by Crippen LogP contribution is 2.25. The Morgan fingerprint density at radius 2 is 1.95 bits per heavy atom. The van der Waals surface area contributed by atoms with E-state index in [1.54, 1.807) is 25.8 Å². The van der Waals surface area contributed by atoms with E-state index in [-0.39, 0.29) is 11.3 Å². The largest absolute Gasteiger partial charge is 0.506 e. The number of benzene rings is 1. The van der Waals surface area contributed by atoms with E-state index in [1.807, 2.05) is 24.3 Å². The third-order valence-electron chi connectivity index (χ3n) is 3.71. The molecule has 0 radical (unpaired) electrons. The summed E-state index contributed by atoms with van der Waals surface area (Å²) >= 11 is 0. The zero-order valence-electron chi connectivity index (χ0n) is 12.7. The predicted molar refractivity (Wildman–Crippen MR) is 83.5 cm³/mol. The first-order valence-electron chi connectivity index (χ1n) is 6.90. The van der Waals surface area contributed by atoms with Crippen LogP contribution in [0.2, 0.25) is 0 Å². The maximum absolute atomic E-state index is 12.4. The number of aromatic hydroxyl groups is 1. The number of aryl methyl sites for hydroxylation is 2. The molecule has 0 saturated heterocycles. The van der Waals surface area contributed by atoms with Crippen molar-refractivity contribution in [3.63, 3.8) is 0 Å². The van der Waals surface area contributed by atoms with E-state index in [1.165, 1.54) is 10.8 Å². The molecule has 3 rings (SSSR count). The number of ether oxygens (including phenoxy) is 1. The maximum atomic E-state index is 12.4. The summed E-state index contributed by atoms with van der Waals surface area (Å²) in [5.41, 5.74) is 1.87. The molecule has 0 amide bonds. The van der Waals surface area contributed by atoms with E-state index < -0.39 is 0 Å². The molecule has 1 N–H and O–H groups in total. The smallest absolute Gasteiger partial charge is 0.276 e. The van der Waals surface area contributed by atoms with Crippen molar-refractivity contribution < 1.29 is 9.84 Å². The number of aromatic nitrogens is 3. The van der Waals surface area contributed by atoms with Gasteiger partial charge in [0.25, 0.3) is 5.56 Å². The standard InChI is InChI=1S/C16H17N3O3/c1-10-14-13(20)9-18(2)16(21)15(14)19(17-10)8-11-4-6-12(22-3)7-5-11/h4-7,9,20H,8H2,1-3H3. The minimum absolute atomic E-state index is 0.0654. The fourth-order valence-electron chi connectivity index (χ4n) is 2.60. The van der Waals surface area contributed by atoms with E-state index in [0.29, 0.717) is 23.1 Å².